The Labute approximate surface area is 140 Å². The highest BCUT2D eigenvalue weighted by atomic mass is 16.5. The number of carbonyl (C=O) groups excluding carboxylic acids is 2. The molecule has 130 valence electrons. The number of aromatic amines is 1. The zero-order chi connectivity index (χ0) is 17.5. The van der Waals surface area contributed by atoms with Crippen molar-refractivity contribution in [2.75, 3.05) is 13.2 Å². The van der Waals surface area contributed by atoms with E-state index in [9.17, 15) is 14.7 Å². The molecule has 1 aromatic heterocycles. The molecule has 0 bridgehead atoms. The summed E-state index contributed by atoms with van der Waals surface area (Å²) in [4.78, 5) is 27.1. The highest BCUT2D eigenvalue weighted by molar-refractivity contribution is 5.98. The van der Waals surface area contributed by atoms with Gasteiger partial charge in [-0.3, -0.25) is 0 Å². The number of benzene rings is 1. The van der Waals surface area contributed by atoms with Gasteiger partial charge >= 0.3 is 11.9 Å². The van der Waals surface area contributed by atoms with Gasteiger partial charge in [0.1, 0.15) is 5.69 Å². The number of ether oxygens (including phenoxy) is 2. The summed E-state index contributed by atoms with van der Waals surface area (Å²) >= 11 is 0. The normalized spacial score (nSPS) is 12.1. The van der Waals surface area contributed by atoms with Crippen LogP contribution in [0.15, 0.2) is 24.3 Å². The van der Waals surface area contributed by atoms with Gasteiger partial charge in [0, 0.05) is 17.3 Å². The van der Waals surface area contributed by atoms with E-state index in [1.165, 1.54) is 0 Å². The minimum absolute atomic E-state index is 0.0108. The van der Waals surface area contributed by atoms with E-state index >= 15 is 0 Å². The molecule has 0 aliphatic carbocycles. The molecule has 2 aromatic rings. The second-order valence-corrected chi connectivity index (χ2v) is 5.55. The number of esters is 2. The average Bonchev–Trinajstić information content (AvgIpc) is 2.96. The van der Waals surface area contributed by atoms with Crippen LogP contribution in [0, 0.1) is 0 Å². The van der Waals surface area contributed by atoms with Crippen molar-refractivity contribution in [2.45, 2.75) is 39.2 Å². The van der Waals surface area contributed by atoms with Gasteiger partial charge < -0.3 is 19.6 Å². The molecule has 1 aromatic carbocycles. The summed E-state index contributed by atoms with van der Waals surface area (Å²) in [5.41, 5.74) is 1.59. The summed E-state index contributed by atoms with van der Waals surface area (Å²) in [5.74, 6) is -1.17. The third kappa shape index (κ3) is 4.14. The van der Waals surface area contributed by atoms with Crippen LogP contribution in [0.2, 0.25) is 0 Å². The fourth-order valence-electron chi connectivity index (χ4n) is 2.43. The maximum atomic E-state index is 12.3. The molecule has 6 heteroatoms. The first-order valence-corrected chi connectivity index (χ1v) is 8.19. The lowest BCUT2D eigenvalue weighted by Crippen LogP contribution is -2.26. The van der Waals surface area contributed by atoms with Crippen molar-refractivity contribution in [3.63, 3.8) is 0 Å². The van der Waals surface area contributed by atoms with Gasteiger partial charge in [0.2, 0.25) is 0 Å². The van der Waals surface area contributed by atoms with E-state index in [1.54, 1.807) is 0 Å². The van der Waals surface area contributed by atoms with Crippen LogP contribution in [0.25, 0.3) is 10.9 Å². The SMILES string of the molecule is CCCOC(=O)c1[nH]c2ccccc2c1CC(O)C(=O)OCCC. The van der Waals surface area contributed by atoms with Crippen molar-refractivity contribution >= 4 is 22.8 Å². The number of hydrogen-bond donors (Lipinski definition) is 2. The highest BCUT2D eigenvalue weighted by Gasteiger charge is 2.24. The lowest BCUT2D eigenvalue weighted by atomic mass is 10.0. The Balaban J connectivity index is 2.29. The van der Waals surface area contributed by atoms with E-state index in [0.29, 0.717) is 25.0 Å². The predicted octanol–water partition coefficient (Wildman–Crippen LogP) is 2.59. The number of carbonyl (C=O) groups is 2. The van der Waals surface area contributed by atoms with Crippen molar-refractivity contribution in [1.82, 2.24) is 4.98 Å². The molecular weight excluding hydrogens is 310 g/mol. The van der Waals surface area contributed by atoms with Gasteiger partial charge in [-0.05, 0) is 24.5 Å². The van der Waals surface area contributed by atoms with Crippen LogP contribution >= 0.6 is 0 Å². The molecule has 24 heavy (non-hydrogen) atoms. The molecule has 6 nitrogen and oxygen atoms in total. The third-order valence-corrected chi connectivity index (χ3v) is 3.57. The minimum Gasteiger partial charge on any atom is -0.464 e. The maximum Gasteiger partial charge on any atom is 0.355 e. The van der Waals surface area contributed by atoms with Crippen LogP contribution in [0.5, 0.6) is 0 Å². The standard InChI is InChI=1S/C18H23NO5/c1-3-9-23-17(21)15(20)11-13-12-7-5-6-8-14(12)19-16(13)18(22)24-10-4-2/h5-8,15,19-20H,3-4,9-11H2,1-2H3. The van der Waals surface area contributed by atoms with Gasteiger partial charge in [0.05, 0.1) is 13.2 Å². The predicted molar refractivity (Wildman–Crippen MR) is 89.8 cm³/mol. The molecule has 0 amide bonds. The summed E-state index contributed by atoms with van der Waals surface area (Å²) in [6, 6.07) is 7.34. The maximum absolute atomic E-state index is 12.3. The second-order valence-electron chi connectivity index (χ2n) is 5.55. The molecule has 2 rings (SSSR count). The van der Waals surface area contributed by atoms with E-state index in [-0.39, 0.29) is 18.7 Å². The number of nitrogens with one attached hydrogen (secondary N) is 1. The number of H-pyrrole nitrogens is 1. The molecule has 0 radical (unpaired) electrons. The van der Waals surface area contributed by atoms with E-state index in [2.05, 4.69) is 4.98 Å². The first-order chi connectivity index (χ1) is 11.6. The summed E-state index contributed by atoms with van der Waals surface area (Å²) in [5, 5.41) is 10.9. The van der Waals surface area contributed by atoms with Crippen molar-refractivity contribution < 1.29 is 24.2 Å². The number of aliphatic hydroxyl groups is 1. The van der Waals surface area contributed by atoms with Crippen LogP contribution in [-0.2, 0) is 20.7 Å². The van der Waals surface area contributed by atoms with Crippen LogP contribution in [0.3, 0.4) is 0 Å². The Morgan fingerprint density at radius 3 is 2.50 bits per heavy atom. The molecular formula is C18H23NO5. The van der Waals surface area contributed by atoms with Crippen molar-refractivity contribution in [1.29, 1.82) is 0 Å². The summed E-state index contributed by atoms with van der Waals surface area (Å²) in [7, 11) is 0. The van der Waals surface area contributed by atoms with Crippen molar-refractivity contribution in [3.05, 3.63) is 35.5 Å². The summed E-state index contributed by atoms with van der Waals surface area (Å²) in [6.07, 6.45) is 0.0600. The van der Waals surface area contributed by atoms with Crippen LogP contribution in [-0.4, -0.2) is 41.3 Å². The largest absolute Gasteiger partial charge is 0.464 e. The molecule has 1 heterocycles. The quantitative estimate of drug-likeness (QED) is 0.725. The molecule has 0 aliphatic heterocycles. The van der Waals surface area contributed by atoms with Crippen molar-refractivity contribution in [3.8, 4) is 0 Å². The molecule has 1 atom stereocenters. The van der Waals surface area contributed by atoms with Crippen LogP contribution < -0.4 is 0 Å². The Morgan fingerprint density at radius 1 is 1.12 bits per heavy atom. The Morgan fingerprint density at radius 2 is 1.79 bits per heavy atom. The number of hydrogen-bond acceptors (Lipinski definition) is 5. The number of rotatable bonds is 8. The van der Waals surface area contributed by atoms with E-state index in [0.717, 1.165) is 10.9 Å². The topological polar surface area (TPSA) is 88.6 Å². The summed E-state index contributed by atoms with van der Waals surface area (Å²) in [6.45, 7) is 4.36. The molecule has 2 N–H and O–H groups in total. The number of fused-ring (bicyclic) bond motifs is 1. The lowest BCUT2D eigenvalue weighted by molar-refractivity contribution is -0.153. The second kappa shape index (κ2) is 8.49. The number of aliphatic hydroxyl groups excluding tert-OH is 1. The Bertz CT molecular complexity index is 706. The van der Waals surface area contributed by atoms with Gasteiger partial charge in [-0.15, -0.1) is 0 Å². The molecule has 0 saturated heterocycles. The molecule has 0 saturated carbocycles. The van der Waals surface area contributed by atoms with Gasteiger partial charge in [-0.2, -0.15) is 0 Å². The zero-order valence-electron chi connectivity index (χ0n) is 14.0. The van der Waals surface area contributed by atoms with Crippen LogP contribution in [0.1, 0.15) is 42.7 Å². The van der Waals surface area contributed by atoms with Gasteiger partial charge in [0.15, 0.2) is 6.10 Å². The van der Waals surface area contributed by atoms with E-state index in [4.69, 9.17) is 9.47 Å². The third-order valence-electron chi connectivity index (χ3n) is 3.57. The average molecular weight is 333 g/mol. The Kier molecular flexibility index (Phi) is 6.37. The smallest absolute Gasteiger partial charge is 0.355 e. The van der Waals surface area contributed by atoms with E-state index < -0.39 is 18.0 Å². The zero-order valence-corrected chi connectivity index (χ0v) is 14.0. The Hall–Kier alpha value is -2.34. The number of aromatic nitrogens is 1. The fourth-order valence-corrected chi connectivity index (χ4v) is 2.43. The summed E-state index contributed by atoms with van der Waals surface area (Å²) < 4.78 is 10.2. The molecule has 0 fully saturated rings. The highest BCUT2D eigenvalue weighted by Crippen LogP contribution is 2.25. The molecule has 1 unspecified atom stereocenters. The number of para-hydroxylation sites is 1. The van der Waals surface area contributed by atoms with Gasteiger partial charge in [-0.25, -0.2) is 9.59 Å². The van der Waals surface area contributed by atoms with Gasteiger partial charge in [0.25, 0.3) is 0 Å². The molecule has 0 spiro atoms. The molecule has 0 aliphatic rings. The van der Waals surface area contributed by atoms with Gasteiger partial charge in [-0.1, -0.05) is 32.0 Å². The first-order valence-electron chi connectivity index (χ1n) is 8.19. The lowest BCUT2D eigenvalue weighted by Gasteiger charge is -2.11. The van der Waals surface area contributed by atoms with Crippen molar-refractivity contribution in [2.24, 2.45) is 0 Å². The first kappa shape index (κ1) is 18.0. The minimum atomic E-state index is -1.33. The fraction of sp³-hybridized carbons (Fsp3) is 0.444. The monoisotopic (exact) mass is 333 g/mol. The van der Waals surface area contributed by atoms with E-state index in [1.807, 2.05) is 38.1 Å². The van der Waals surface area contributed by atoms with Crippen LogP contribution in [0.4, 0.5) is 0 Å².